The van der Waals surface area contributed by atoms with Gasteiger partial charge in [0, 0.05) is 37.3 Å². The van der Waals surface area contributed by atoms with E-state index >= 15 is 0 Å². The topological polar surface area (TPSA) is 41.3 Å². The molecule has 0 amide bonds. The zero-order valence-electron chi connectivity index (χ0n) is 11.6. The van der Waals surface area contributed by atoms with Gasteiger partial charge in [-0.25, -0.2) is 0 Å². The van der Waals surface area contributed by atoms with E-state index in [1.165, 1.54) is 18.4 Å². The second-order valence-electron chi connectivity index (χ2n) is 5.93. The fraction of sp³-hybridized carbons (Fsp3) is 0.786. The Morgan fingerprint density at radius 1 is 1.39 bits per heavy atom. The van der Waals surface area contributed by atoms with Crippen LogP contribution in [0, 0.1) is 19.8 Å². The third-order valence-corrected chi connectivity index (χ3v) is 4.46. The van der Waals surface area contributed by atoms with Crippen LogP contribution in [0.2, 0.25) is 0 Å². The molecular weight excluding hydrogens is 226 g/mol. The molecule has 1 aliphatic carbocycles. The van der Waals surface area contributed by atoms with Crippen LogP contribution in [0.5, 0.6) is 0 Å². The third-order valence-electron chi connectivity index (χ3n) is 4.46. The van der Waals surface area contributed by atoms with Crippen molar-refractivity contribution in [3.05, 3.63) is 17.0 Å². The summed E-state index contributed by atoms with van der Waals surface area (Å²) in [5, 5.41) is 7.74. The third kappa shape index (κ3) is 2.31. The molecule has 3 rings (SSSR count). The lowest BCUT2D eigenvalue weighted by molar-refractivity contribution is 0.124. The summed E-state index contributed by atoms with van der Waals surface area (Å²) in [5.74, 6) is 1.89. The average Bonchev–Trinajstić information content (AvgIpc) is 3.14. The maximum absolute atomic E-state index is 5.27. The molecule has 1 aliphatic heterocycles. The average molecular weight is 249 g/mol. The molecule has 1 saturated carbocycles. The Morgan fingerprint density at radius 3 is 2.78 bits per heavy atom. The van der Waals surface area contributed by atoms with Crippen LogP contribution in [0.15, 0.2) is 4.52 Å². The van der Waals surface area contributed by atoms with Gasteiger partial charge < -0.3 is 9.84 Å². The summed E-state index contributed by atoms with van der Waals surface area (Å²) in [6.07, 6.45) is 2.82. The first-order chi connectivity index (χ1) is 8.65. The van der Waals surface area contributed by atoms with Gasteiger partial charge in [0.2, 0.25) is 0 Å². The van der Waals surface area contributed by atoms with Gasteiger partial charge in [-0.15, -0.1) is 0 Å². The molecule has 2 fully saturated rings. The van der Waals surface area contributed by atoms with Crippen LogP contribution in [0.1, 0.15) is 36.8 Å². The Bertz CT molecular complexity index is 405. The molecule has 18 heavy (non-hydrogen) atoms. The van der Waals surface area contributed by atoms with Crippen molar-refractivity contribution in [2.24, 2.45) is 5.92 Å². The number of nitrogens with zero attached hydrogens (tertiary/aromatic N) is 2. The quantitative estimate of drug-likeness (QED) is 0.888. The number of rotatable bonds is 3. The fourth-order valence-electron chi connectivity index (χ4n) is 2.91. The van der Waals surface area contributed by atoms with Crippen LogP contribution in [0.25, 0.3) is 0 Å². The Labute approximate surface area is 109 Å². The Balaban J connectivity index is 1.70. The number of hydrogen-bond donors (Lipinski definition) is 1. The predicted octanol–water partition coefficient (Wildman–Crippen LogP) is 1.86. The van der Waals surface area contributed by atoms with Crippen LogP contribution in [-0.2, 0) is 6.54 Å². The molecule has 0 aromatic carbocycles. The second kappa shape index (κ2) is 4.67. The molecule has 1 aromatic heterocycles. The summed E-state index contributed by atoms with van der Waals surface area (Å²) >= 11 is 0. The lowest BCUT2D eigenvalue weighted by Crippen LogP contribution is -2.55. The van der Waals surface area contributed by atoms with Crippen molar-refractivity contribution in [2.45, 2.75) is 52.2 Å². The van der Waals surface area contributed by atoms with Gasteiger partial charge in [0.05, 0.1) is 5.69 Å². The molecule has 4 nitrogen and oxygen atoms in total. The van der Waals surface area contributed by atoms with E-state index in [0.29, 0.717) is 12.1 Å². The van der Waals surface area contributed by atoms with Gasteiger partial charge >= 0.3 is 0 Å². The number of hydrogen-bond acceptors (Lipinski definition) is 4. The fourth-order valence-corrected chi connectivity index (χ4v) is 2.91. The highest BCUT2D eigenvalue weighted by Gasteiger charge is 2.36. The van der Waals surface area contributed by atoms with E-state index in [0.717, 1.165) is 37.0 Å². The minimum atomic E-state index is 0.591. The van der Waals surface area contributed by atoms with Crippen molar-refractivity contribution in [3.8, 4) is 0 Å². The molecule has 0 bridgehead atoms. The minimum Gasteiger partial charge on any atom is -0.361 e. The van der Waals surface area contributed by atoms with Crippen molar-refractivity contribution in [1.29, 1.82) is 0 Å². The highest BCUT2D eigenvalue weighted by molar-refractivity contribution is 5.20. The second-order valence-corrected chi connectivity index (χ2v) is 5.93. The van der Waals surface area contributed by atoms with Gasteiger partial charge in [-0.3, -0.25) is 4.90 Å². The molecule has 2 aliphatic rings. The van der Waals surface area contributed by atoms with E-state index in [1.54, 1.807) is 0 Å². The lowest BCUT2D eigenvalue weighted by atomic mass is 10.0. The van der Waals surface area contributed by atoms with Crippen LogP contribution in [0.3, 0.4) is 0 Å². The molecule has 0 spiro atoms. The SMILES string of the molecule is Cc1noc(C)c1CN1CC(C2CC2)NCC1C. The zero-order valence-corrected chi connectivity index (χ0v) is 11.6. The minimum absolute atomic E-state index is 0.591. The van der Waals surface area contributed by atoms with Crippen molar-refractivity contribution in [3.63, 3.8) is 0 Å². The van der Waals surface area contributed by atoms with Gasteiger partial charge in [0.15, 0.2) is 0 Å². The maximum Gasteiger partial charge on any atom is 0.138 e. The molecule has 2 atom stereocenters. The molecule has 2 heterocycles. The predicted molar refractivity (Wildman–Crippen MR) is 70.4 cm³/mol. The maximum atomic E-state index is 5.27. The molecule has 2 unspecified atom stereocenters. The lowest BCUT2D eigenvalue weighted by Gasteiger charge is -2.39. The van der Waals surface area contributed by atoms with Crippen molar-refractivity contribution in [1.82, 2.24) is 15.4 Å². The molecule has 0 radical (unpaired) electrons. The van der Waals surface area contributed by atoms with Gasteiger partial charge in [-0.2, -0.15) is 0 Å². The smallest absolute Gasteiger partial charge is 0.138 e. The van der Waals surface area contributed by atoms with Crippen molar-refractivity contribution >= 4 is 0 Å². The standard InChI is InChI=1S/C14H23N3O/c1-9-6-15-14(12-4-5-12)8-17(9)7-13-10(2)16-18-11(13)3/h9,12,14-15H,4-8H2,1-3H3. The van der Waals surface area contributed by atoms with E-state index in [1.807, 2.05) is 13.8 Å². The van der Waals surface area contributed by atoms with E-state index in [2.05, 4.69) is 22.3 Å². The highest BCUT2D eigenvalue weighted by atomic mass is 16.5. The first-order valence-electron chi connectivity index (χ1n) is 7.04. The van der Waals surface area contributed by atoms with E-state index in [9.17, 15) is 0 Å². The number of aryl methyl sites for hydroxylation is 2. The first-order valence-corrected chi connectivity index (χ1v) is 7.04. The normalized spacial score (nSPS) is 29.7. The Hall–Kier alpha value is -0.870. The molecule has 1 aromatic rings. The van der Waals surface area contributed by atoms with Crippen LogP contribution < -0.4 is 5.32 Å². The summed E-state index contributed by atoms with van der Waals surface area (Å²) in [4.78, 5) is 2.58. The Morgan fingerprint density at radius 2 is 2.17 bits per heavy atom. The zero-order chi connectivity index (χ0) is 12.7. The summed E-state index contributed by atoms with van der Waals surface area (Å²) in [7, 11) is 0. The Kier molecular flexibility index (Phi) is 3.16. The van der Waals surface area contributed by atoms with Crippen molar-refractivity contribution < 1.29 is 4.52 Å². The molecule has 100 valence electrons. The number of nitrogens with one attached hydrogen (secondary N) is 1. The number of piperazine rings is 1. The van der Waals surface area contributed by atoms with E-state index in [4.69, 9.17) is 4.52 Å². The largest absolute Gasteiger partial charge is 0.361 e. The van der Waals surface area contributed by atoms with Crippen LogP contribution >= 0.6 is 0 Å². The summed E-state index contributed by atoms with van der Waals surface area (Å²) in [5.41, 5.74) is 2.32. The highest BCUT2D eigenvalue weighted by Crippen LogP contribution is 2.34. The summed E-state index contributed by atoms with van der Waals surface area (Å²) in [6, 6.07) is 1.29. The molecule has 1 N–H and O–H groups in total. The monoisotopic (exact) mass is 249 g/mol. The van der Waals surface area contributed by atoms with Gasteiger partial charge in [0.25, 0.3) is 0 Å². The molecule has 1 saturated heterocycles. The molecule has 4 heteroatoms. The summed E-state index contributed by atoms with van der Waals surface area (Å²) < 4.78 is 5.27. The van der Waals surface area contributed by atoms with Gasteiger partial charge in [-0.1, -0.05) is 5.16 Å². The molecular formula is C14H23N3O. The summed E-state index contributed by atoms with van der Waals surface area (Å²) in [6.45, 7) is 9.60. The van der Waals surface area contributed by atoms with Crippen LogP contribution in [0.4, 0.5) is 0 Å². The van der Waals surface area contributed by atoms with Crippen LogP contribution in [-0.4, -0.2) is 35.2 Å². The van der Waals surface area contributed by atoms with E-state index < -0.39 is 0 Å². The van der Waals surface area contributed by atoms with Gasteiger partial charge in [-0.05, 0) is 39.5 Å². The van der Waals surface area contributed by atoms with Crippen molar-refractivity contribution in [2.75, 3.05) is 13.1 Å². The first kappa shape index (κ1) is 12.2. The van der Waals surface area contributed by atoms with Gasteiger partial charge in [0.1, 0.15) is 5.76 Å². The number of aromatic nitrogens is 1. The van der Waals surface area contributed by atoms with E-state index in [-0.39, 0.29) is 0 Å².